The largest absolute Gasteiger partial charge is 0.318 e. The molecule has 0 spiro atoms. The lowest BCUT2D eigenvalue weighted by Gasteiger charge is -2.25. The van der Waals surface area contributed by atoms with Crippen molar-refractivity contribution in [2.45, 2.75) is 12.0 Å². The standard InChI is InChI=1S/C9H9N3O/c10-9(4-2-1-3-5-9)7-6-11-12-8(7)13/h1-4,6H,5,10H2. The van der Waals surface area contributed by atoms with Crippen molar-refractivity contribution >= 4 is 5.91 Å². The maximum absolute atomic E-state index is 11.2. The third-order valence-electron chi connectivity index (χ3n) is 2.16. The van der Waals surface area contributed by atoms with Gasteiger partial charge in [-0.05, 0) is 6.42 Å². The van der Waals surface area contributed by atoms with Gasteiger partial charge in [0.15, 0.2) is 0 Å². The number of allylic oxidation sites excluding steroid dienone is 2. The lowest BCUT2D eigenvalue weighted by atomic mass is 9.85. The van der Waals surface area contributed by atoms with Gasteiger partial charge in [0.2, 0.25) is 0 Å². The zero-order chi connectivity index (χ0) is 9.31. The van der Waals surface area contributed by atoms with Crippen LogP contribution in [0, 0.1) is 0 Å². The number of nitrogens with zero attached hydrogens (tertiary/aromatic N) is 2. The molecule has 2 N–H and O–H groups in total. The maximum atomic E-state index is 11.2. The average Bonchev–Trinajstić information content (AvgIpc) is 2.53. The van der Waals surface area contributed by atoms with Crippen molar-refractivity contribution in [1.29, 1.82) is 0 Å². The summed E-state index contributed by atoms with van der Waals surface area (Å²) in [5.74, 6) is -0.331. The summed E-state index contributed by atoms with van der Waals surface area (Å²) in [5, 5.41) is 6.94. The molecular formula is C9H9N3O. The van der Waals surface area contributed by atoms with E-state index >= 15 is 0 Å². The first-order valence-corrected chi connectivity index (χ1v) is 4.01. The molecule has 0 fully saturated rings. The fourth-order valence-electron chi connectivity index (χ4n) is 1.40. The van der Waals surface area contributed by atoms with Crippen molar-refractivity contribution in [1.82, 2.24) is 0 Å². The molecule has 1 heterocycles. The molecule has 2 rings (SSSR count). The molecule has 1 aliphatic carbocycles. The lowest BCUT2D eigenvalue weighted by Crippen LogP contribution is -2.41. The van der Waals surface area contributed by atoms with Crippen LogP contribution in [0.1, 0.15) is 6.42 Å². The molecule has 13 heavy (non-hydrogen) atoms. The Morgan fingerprint density at radius 1 is 1.46 bits per heavy atom. The number of azo groups is 1. The summed E-state index contributed by atoms with van der Waals surface area (Å²) >= 11 is 0. The molecular weight excluding hydrogens is 166 g/mol. The number of nitrogens with two attached hydrogens (primary N) is 1. The van der Waals surface area contributed by atoms with Crippen LogP contribution in [0.4, 0.5) is 0 Å². The Labute approximate surface area is 75.5 Å². The summed E-state index contributed by atoms with van der Waals surface area (Å²) in [7, 11) is 0. The summed E-state index contributed by atoms with van der Waals surface area (Å²) in [6.45, 7) is 0. The molecule has 0 aromatic carbocycles. The van der Waals surface area contributed by atoms with Gasteiger partial charge in [0, 0.05) is 0 Å². The predicted molar refractivity (Wildman–Crippen MR) is 47.8 cm³/mol. The van der Waals surface area contributed by atoms with E-state index < -0.39 is 5.54 Å². The Morgan fingerprint density at radius 3 is 2.85 bits per heavy atom. The van der Waals surface area contributed by atoms with Crippen LogP contribution in [0.2, 0.25) is 0 Å². The molecule has 0 saturated carbocycles. The minimum Gasteiger partial charge on any atom is -0.318 e. The highest BCUT2D eigenvalue weighted by Crippen LogP contribution is 2.27. The van der Waals surface area contributed by atoms with Crippen LogP contribution in [0.3, 0.4) is 0 Å². The molecule has 0 aromatic heterocycles. The highest BCUT2D eigenvalue weighted by molar-refractivity contribution is 5.98. The van der Waals surface area contributed by atoms with Crippen LogP contribution in [-0.4, -0.2) is 11.4 Å². The summed E-state index contributed by atoms with van der Waals surface area (Å²) < 4.78 is 0. The molecule has 1 atom stereocenters. The molecule has 4 nitrogen and oxygen atoms in total. The minimum absolute atomic E-state index is 0.331. The Kier molecular flexibility index (Phi) is 1.70. The number of amides is 1. The van der Waals surface area contributed by atoms with Gasteiger partial charge in [-0.15, -0.1) is 5.11 Å². The van der Waals surface area contributed by atoms with E-state index in [9.17, 15) is 4.79 Å². The smallest absolute Gasteiger partial charge is 0.295 e. The Hall–Kier alpha value is -1.55. The third-order valence-corrected chi connectivity index (χ3v) is 2.16. The Balaban J connectivity index is 2.31. The predicted octanol–water partition coefficient (Wildman–Crippen LogP) is 1.08. The van der Waals surface area contributed by atoms with Crippen LogP contribution < -0.4 is 5.73 Å². The van der Waals surface area contributed by atoms with Crippen LogP contribution in [0.25, 0.3) is 0 Å². The number of hydrogen-bond donors (Lipinski definition) is 1. The van der Waals surface area contributed by atoms with Gasteiger partial charge in [-0.3, -0.25) is 4.79 Å². The zero-order valence-corrected chi connectivity index (χ0v) is 6.97. The van der Waals surface area contributed by atoms with E-state index in [1.54, 1.807) is 6.08 Å². The van der Waals surface area contributed by atoms with Crippen LogP contribution in [0.15, 0.2) is 46.3 Å². The monoisotopic (exact) mass is 175 g/mol. The molecule has 0 radical (unpaired) electrons. The molecule has 0 saturated heterocycles. The fourth-order valence-corrected chi connectivity index (χ4v) is 1.40. The maximum Gasteiger partial charge on any atom is 0.295 e. The van der Waals surface area contributed by atoms with Gasteiger partial charge in [0.05, 0.1) is 17.3 Å². The normalized spacial score (nSPS) is 31.2. The van der Waals surface area contributed by atoms with Crippen molar-refractivity contribution in [3.8, 4) is 0 Å². The first-order chi connectivity index (χ1) is 6.22. The van der Waals surface area contributed by atoms with Gasteiger partial charge in [0.25, 0.3) is 5.91 Å². The summed E-state index contributed by atoms with van der Waals surface area (Å²) in [6, 6.07) is 0. The highest BCUT2D eigenvalue weighted by Gasteiger charge is 2.33. The fraction of sp³-hybridized carbons (Fsp3) is 0.222. The van der Waals surface area contributed by atoms with E-state index in [4.69, 9.17) is 5.73 Å². The molecule has 0 aromatic rings. The second kappa shape index (κ2) is 2.74. The van der Waals surface area contributed by atoms with Gasteiger partial charge >= 0.3 is 0 Å². The lowest BCUT2D eigenvalue weighted by molar-refractivity contribution is -0.114. The van der Waals surface area contributed by atoms with Crippen molar-refractivity contribution in [2.24, 2.45) is 16.0 Å². The highest BCUT2D eigenvalue weighted by atomic mass is 16.2. The van der Waals surface area contributed by atoms with Crippen molar-refractivity contribution in [3.05, 3.63) is 36.1 Å². The molecule has 66 valence electrons. The minimum atomic E-state index is -0.713. The van der Waals surface area contributed by atoms with Crippen molar-refractivity contribution < 1.29 is 4.79 Å². The molecule has 1 unspecified atom stereocenters. The van der Waals surface area contributed by atoms with E-state index in [1.807, 2.05) is 18.2 Å². The van der Waals surface area contributed by atoms with Gasteiger partial charge in [-0.2, -0.15) is 5.11 Å². The third kappa shape index (κ3) is 1.25. The quantitative estimate of drug-likeness (QED) is 0.647. The number of carbonyl (C=O) groups excluding carboxylic acids is 1. The van der Waals surface area contributed by atoms with Gasteiger partial charge in [-0.1, -0.05) is 24.3 Å². The SMILES string of the molecule is NC1(C2=CN=NC2=O)C=CC=CC1. The van der Waals surface area contributed by atoms with E-state index in [1.165, 1.54) is 6.20 Å². The molecule has 1 amide bonds. The van der Waals surface area contributed by atoms with Crippen LogP contribution in [0.5, 0.6) is 0 Å². The zero-order valence-electron chi connectivity index (χ0n) is 6.97. The molecule has 2 aliphatic rings. The number of rotatable bonds is 1. The second-order valence-electron chi connectivity index (χ2n) is 3.10. The number of hydrogen-bond acceptors (Lipinski definition) is 3. The van der Waals surface area contributed by atoms with Crippen molar-refractivity contribution in [3.63, 3.8) is 0 Å². The van der Waals surface area contributed by atoms with E-state index in [-0.39, 0.29) is 5.91 Å². The van der Waals surface area contributed by atoms with E-state index in [0.717, 1.165) is 0 Å². The molecule has 1 aliphatic heterocycles. The average molecular weight is 175 g/mol. The Bertz CT molecular complexity index is 365. The van der Waals surface area contributed by atoms with E-state index in [2.05, 4.69) is 10.2 Å². The van der Waals surface area contributed by atoms with Crippen LogP contribution in [-0.2, 0) is 4.79 Å². The summed E-state index contributed by atoms with van der Waals surface area (Å²) in [5.41, 5.74) is 5.76. The summed E-state index contributed by atoms with van der Waals surface area (Å²) in [4.78, 5) is 11.2. The van der Waals surface area contributed by atoms with Gasteiger partial charge in [-0.25, -0.2) is 0 Å². The topological polar surface area (TPSA) is 67.8 Å². The van der Waals surface area contributed by atoms with Gasteiger partial charge < -0.3 is 5.73 Å². The molecule has 0 bridgehead atoms. The Morgan fingerprint density at radius 2 is 2.31 bits per heavy atom. The first-order valence-electron chi connectivity index (χ1n) is 4.01. The summed E-state index contributed by atoms with van der Waals surface area (Å²) in [6.07, 6.45) is 9.51. The van der Waals surface area contributed by atoms with Crippen LogP contribution >= 0.6 is 0 Å². The number of carbonyl (C=O) groups is 1. The van der Waals surface area contributed by atoms with E-state index in [0.29, 0.717) is 12.0 Å². The second-order valence-corrected chi connectivity index (χ2v) is 3.10. The first kappa shape index (κ1) is 8.07. The van der Waals surface area contributed by atoms with Crippen molar-refractivity contribution in [2.75, 3.05) is 0 Å². The molecule has 4 heteroatoms. The van der Waals surface area contributed by atoms with Gasteiger partial charge in [0.1, 0.15) is 0 Å².